The molecule has 12 heavy (non-hydrogen) atoms. The van der Waals surface area contributed by atoms with Crippen LogP contribution in [0.2, 0.25) is 0 Å². The summed E-state index contributed by atoms with van der Waals surface area (Å²) in [7, 11) is 0. The Bertz CT molecular complexity index is 250. The van der Waals surface area contributed by atoms with Gasteiger partial charge in [-0.25, -0.2) is 0 Å². The van der Waals surface area contributed by atoms with E-state index in [4.69, 9.17) is 0 Å². The Labute approximate surface area is 92.4 Å². The second kappa shape index (κ2) is 4.08. The van der Waals surface area contributed by atoms with E-state index in [1.807, 2.05) is 0 Å². The molecule has 1 rings (SSSR count). The van der Waals surface area contributed by atoms with E-state index < -0.39 is 4.08 Å². The molecule has 0 N–H and O–H groups in total. The zero-order valence-electron chi connectivity index (χ0n) is 5.86. The molecular weight excluding hydrogens is 230 g/mol. The maximum Gasteiger partial charge on any atom is 0.120 e. The molecule has 0 fully saturated rings. The molecule has 0 saturated heterocycles. The maximum absolute atomic E-state index is 4.25. The van der Waals surface area contributed by atoms with Gasteiger partial charge in [0.2, 0.25) is 0 Å². The Balaban J connectivity index is 2.98. The van der Waals surface area contributed by atoms with Gasteiger partial charge in [-0.3, -0.25) is 0 Å². The second-order valence-electron chi connectivity index (χ2n) is 2.11. The van der Waals surface area contributed by atoms with Crippen molar-refractivity contribution in [2.45, 2.75) is 8.66 Å². The molecule has 0 radical (unpaired) electrons. The molecule has 0 unspecified atom stereocenters. The highest BCUT2D eigenvalue weighted by atomic mass is 32.2. The Morgan fingerprint density at radius 1 is 1.33 bits per heavy atom. The van der Waals surface area contributed by atoms with Crippen LogP contribution in [0.1, 0.15) is 5.69 Å². The van der Waals surface area contributed by atoms with Crippen molar-refractivity contribution in [2.75, 3.05) is 0 Å². The molecule has 0 aliphatic rings. The average molecular weight is 237 g/mol. The van der Waals surface area contributed by atoms with Crippen molar-refractivity contribution >= 4 is 50.5 Å². The molecule has 7 heteroatoms. The lowest BCUT2D eigenvalue weighted by molar-refractivity contribution is 0.789. The van der Waals surface area contributed by atoms with E-state index in [9.17, 15) is 0 Å². The minimum atomic E-state index is -0.803. The van der Waals surface area contributed by atoms with Gasteiger partial charge in [0.05, 0.1) is 16.5 Å². The molecule has 1 aromatic heterocycles. The Kier molecular flexibility index (Phi) is 3.57. The van der Waals surface area contributed by atoms with Crippen LogP contribution in [0.3, 0.4) is 0 Å². The van der Waals surface area contributed by atoms with Crippen molar-refractivity contribution in [3.63, 3.8) is 0 Å². The fourth-order valence-corrected chi connectivity index (χ4v) is 1.07. The van der Waals surface area contributed by atoms with Gasteiger partial charge < -0.3 is 0 Å². The fraction of sp³-hybridized carbons (Fsp3) is 0.400. The summed E-state index contributed by atoms with van der Waals surface area (Å²) < 4.78 is -1.14. The van der Waals surface area contributed by atoms with E-state index in [1.54, 1.807) is 6.07 Å². The van der Waals surface area contributed by atoms with Crippen molar-refractivity contribution in [3.8, 4) is 0 Å². The van der Waals surface area contributed by atoms with Crippen molar-refractivity contribution in [1.82, 2.24) is 15.4 Å². The average Bonchev–Trinajstić information content (AvgIpc) is 2.06. The van der Waals surface area contributed by atoms with Crippen molar-refractivity contribution in [1.29, 1.82) is 0 Å². The number of hydrogen-bond donors (Lipinski definition) is 4. The van der Waals surface area contributed by atoms with Gasteiger partial charge in [-0.1, -0.05) is 0 Å². The normalized spacial score (nSPS) is 12.1. The van der Waals surface area contributed by atoms with Crippen LogP contribution >= 0.6 is 50.5 Å². The lowest BCUT2D eigenvalue weighted by Gasteiger charge is -2.23. The van der Waals surface area contributed by atoms with Crippen molar-refractivity contribution < 1.29 is 0 Å². The smallest absolute Gasteiger partial charge is 0.120 e. The van der Waals surface area contributed by atoms with E-state index in [0.29, 0.717) is 5.69 Å². The van der Waals surface area contributed by atoms with Gasteiger partial charge in [0.15, 0.2) is 0 Å². The molecule has 0 aromatic carbocycles. The zero-order valence-corrected chi connectivity index (χ0v) is 9.44. The standard InChI is InChI=1S/C5H7N3S4/c9-4(10)5(11,12)3-1-2-6-8-7-3/h1-2,4,9-12H. The van der Waals surface area contributed by atoms with Crippen LogP contribution in [0.4, 0.5) is 0 Å². The van der Waals surface area contributed by atoms with Gasteiger partial charge in [-0.2, -0.15) is 50.5 Å². The Morgan fingerprint density at radius 2 is 2.00 bits per heavy atom. The number of nitrogens with zero attached hydrogens (tertiary/aromatic N) is 3. The molecule has 0 amide bonds. The van der Waals surface area contributed by atoms with Gasteiger partial charge in [0, 0.05) is 0 Å². The van der Waals surface area contributed by atoms with Crippen LogP contribution in [-0.4, -0.2) is 20.0 Å². The summed E-state index contributed by atoms with van der Waals surface area (Å²) >= 11 is 16.7. The molecule has 0 spiro atoms. The molecule has 0 bridgehead atoms. The van der Waals surface area contributed by atoms with Crippen LogP contribution in [0.5, 0.6) is 0 Å². The first-order valence-corrected chi connectivity index (χ1v) is 4.93. The van der Waals surface area contributed by atoms with Gasteiger partial charge in [0.25, 0.3) is 0 Å². The summed E-state index contributed by atoms with van der Waals surface area (Å²) in [5.74, 6) is 0. The molecule has 66 valence electrons. The fourth-order valence-electron chi connectivity index (χ4n) is 0.570. The van der Waals surface area contributed by atoms with Crippen LogP contribution in [0, 0.1) is 0 Å². The Morgan fingerprint density at radius 3 is 2.42 bits per heavy atom. The molecule has 0 atom stereocenters. The highest BCUT2D eigenvalue weighted by Crippen LogP contribution is 2.39. The topological polar surface area (TPSA) is 38.7 Å². The second-order valence-corrected chi connectivity index (χ2v) is 5.31. The molecule has 0 aliphatic heterocycles. The largest absolute Gasteiger partial charge is 0.162 e. The van der Waals surface area contributed by atoms with E-state index in [1.165, 1.54) is 6.20 Å². The first kappa shape index (κ1) is 10.5. The lowest BCUT2D eigenvalue weighted by Crippen LogP contribution is -2.21. The summed E-state index contributed by atoms with van der Waals surface area (Å²) in [6.07, 6.45) is 1.52. The SMILES string of the molecule is SC(S)C(S)(S)c1ccnnn1. The zero-order chi connectivity index (χ0) is 9.19. The number of rotatable bonds is 2. The minimum Gasteiger partial charge on any atom is -0.162 e. The van der Waals surface area contributed by atoms with E-state index in [0.717, 1.165) is 0 Å². The molecular formula is C5H7N3S4. The molecule has 1 heterocycles. The lowest BCUT2D eigenvalue weighted by atomic mass is 10.3. The first-order valence-electron chi connectivity index (χ1n) is 3.01. The number of aromatic nitrogens is 3. The van der Waals surface area contributed by atoms with E-state index in [2.05, 4.69) is 65.9 Å². The molecule has 0 aliphatic carbocycles. The van der Waals surface area contributed by atoms with E-state index in [-0.39, 0.29) is 4.58 Å². The summed E-state index contributed by atoms with van der Waals surface area (Å²) in [6, 6.07) is 1.67. The predicted octanol–water partition coefficient (Wildman–Crippen LogP) is 1.07. The van der Waals surface area contributed by atoms with E-state index >= 15 is 0 Å². The quantitative estimate of drug-likeness (QED) is 0.459. The molecule has 0 saturated carbocycles. The van der Waals surface area contributed by atoms with Crippen LogP contribution in [0.25, 0.3) is 0 Å². The first-order chi connectivity index (χ1) is 5.55. The third-order valence-corrected chi connectivity index (χ3v) is 3.80. The van der Waals surface area contributed by atoms with Gasteiger partial charge in [0.1, 0.15) is 4.08 Å². The number of thiol groups is 4. The highest BCUT2D eigenvalue weighted by Gasteiger charge is 2.30. The van der Waals surface area contributed by atoms with Gasteiger partial charge >= 0.3 is 0 Å². The van der Waals surface area contributed by atoms with Crippen LogP contribution in [0.15, 0.2) is 12.3 Å². The van der Waals surface area contributed by atoms with Crippen LogP contribution < -0.4 is 0 Å². The summed E-state index contributed by atoms with van der Waals surface area (Å²) in [4.78, 5) is 0. The molecule has 1 aromatic rings. The maximum atomic E-state index is 4.25. The van der Waals surface area contributed by atoms with Gasteiger partial charge in [-0.05, 0) is 11.3 Å². The summed E-state index contributed by atoms with van der Waals surface area (Å²) in [6.45, 7) is 0. The molecule has 3 nitrogen and oxygen atoms in total. The highest BCUT2D eigenvalue weighted by molar-refractivity contribution is 8.06. The number of hydrogen-bond acceptors (Lipinski definition) is 7. The summed E-state index contributed by atoms with van der Waals surface area (Å²) in [5, 5.41) is 10.8. The van der Waals surface area contributed by atoms with Crippen molar-refractivity contribution in [2.24, 2.45) is 0 Å². The monoisotopic (exact) mass is 237 g/mol. The van der Waals surface area contributed by atoms with Crippen LogP contribution in [-0.2, 0) is 4.08 Å². The predicted molar refractivity (Wildman–Crippen MR) is 61.2 cm³/mol. The third-order valence-electron chi connectivity index (χ3n) is 1.24. The minimum absolute atomic E-state index is 0.333. The van der Waals surface area contributed by atoms with Crippen molar-refractivity contribution in [3.05, 3.63) is 18.0 Å². The Hall–Kier alpha value is 0.410. The third kappa shape index (κ3) is 2.21. The summed E-state index contributed by atoms with van der Waals surface area (Å²) in [5.41, 5.74) is 0.583. The van der Waals surface area contributed by atoms with Gasteiger partial charge in [-0.15, -0.1) is 10.2 Å².